The molecule has 0 aromatic rings. The SMILES string of the molecule is CC(=N)NCCCCC(N)C(=O)N(CCNC(=O)C(N)CSCCNC(C)=N)CCN(CCN(CCNC(=O)C(N)CCCCNC(=N)CF)C(=O)C(N)CCCCNCC=N)C(=O)C(N)CCCCNCC=N. The van der Waals surface area contributed by atoms with Gasteiger partial charge in [-0.3, -0.25) is 40.2 Å². The van der Waals surface area contributed by atoms with Crippen molar-refractivity contribution in [2.45, 2.75) is 121 Å². The fraction of sp³-hybridized carbons (Fsp3) is 0.787. The van der Waals surface area contributed by atoms with Crippen molar-refractivity contribution in [2.24, 2.45) is 28.7 Å². The highest BCUT2D eigenvalue weighted by molar-refractivity contribution is 7.99. The van der Waals surface area contributed by atoms with Crippen molar-refractivity contribution in [3.8, 4) is 0 Å². The van der Waals surface area contributed by atoms with Gasteiger partial charge < -0.3 is 91.4 Å². The highest BCUT2D eigenvalue weighted by Gasteiger charge is 2.28. The van der Waals surface area contributed by atoms with E-state index >= 15 is 0 Å². The zero-order valence-electron chi connectivity index (χ0n) is 44.3. The third kappa shape index (κ3) is 35.3. The van der Waals surface area contributed by atoms with Gasteiger partial charge in [-0.05, 0) is 91.1 Å². The first-order chi connectivity index (χ1) is 35.4. The number of thioether (sulfide) groups is 1. The van der Waals surface area contributed by atoms with Crippen molar-refractivity contribution in [3.05, 3.63) is 0 Å². The molecule has 0 heterocycles. The Balaban J connectivity index is 6.47. The molecule has 0 rings (SSSR count). The molecule has 0 aromatic carbocycles. The van der Waals surface area contributed by atoms with Gasteiger partial charge in [0.1, 0.15) is 12.5 Å². The van der Waals surface area contributed by atoms with Crippen molar-refractivity contribution in [3.63, 3.8) is 0 Å². The summed E-state index contributed by atoms with van der Waals surface area (Å²) in [6, 6.07) is -4.40. The Labute approximate surface area is 443 Å². The number of nitrogens with one attached hydrogen (secondary N) is 12. The minimum atomic E-state index is -0.925. The van der Waals surface area contributed by atoms with Crippen LogP contribution in [0.25, 0.3) is 0 Å². The molecule has 0 saturated carbocycles. The maximum absolute atomic E-state index is 14.3. The molecule has 0 aliphatic rings. The van der Waals surface area contributed by atoms with Gasteiger partial charge in [0, 0.05) is 109 Å². The molecule has 5 atom stereocenters. The number of unbranched alkanes of at least 4 members (excludes halogenated alkanes) is 4. The van der Waals surface area contributed by atoms with Gasteiger partial charge >= 0.3 is 0 Å². The Morgan fingerprint density at radius 3 is 1.26 bits per heavy atom. The molecule has 0 aliphatic carbocycles. The first-order valence-electron chi connectivity index (χ1n) is 26.0. The van der Waals surface area contributed by atoms with Gasteiger partial charge in [0.2, 0.25) is 29.5 Å². The summed E-state index contributed by atoms with van der Waals surface area (Å²) in [5, 5.41) is 57.3. The van der Waals surface area contributed by atoms with E-state index in [4.69, 9.17) is 55.7 Å². The Morgan fingerprint density at radius 1 is 0.486 bits per heavy atom. The number of carbonyl (C=O) groups is 5. The monoisotopic (exact) mass is 1070 g/mol. The van der Waals surface area contributed by atoms with E-state index in [-0.39, 0.29) is 58.2 Å². The standard InChI is InChI=1S/C47H95FN20O5S/c1-35(51)61-19-9-6-14-39(55)46(72)67(27-24-65-44(70)41(57)34-74-32-25-62-36(2)52)29-31-68(47(73)40(56)13-4-8-18-60-22-16-50)30-28-66(45(71)38(54)12-3-7-17-59-21-15-49)26-23-64-43(69)37(53)11-5-10-20-63-42(58)33-48/h15-16,37-41,49-50,59-60H,3-14,17-34,53-57H2,1-2H3,(H2,51,61)(H2,52,62)(H2,58,63)(H,64,69)(H,65,70). The second kappa shape index (κ2) is 44.4. The lowest BCUT2D eigenvalue weighted by Crippen LogP contribution is -2.54. The summed E-state index contributed by atoms with van der Waals surface area (Å²) >= 11 is 1.47. The van der Waals surface area contributed by atoms with Crippen molar-refractivity contribution in [1.29, 1.82) is 27.0 Å². The summed E-state index contributed by atoms with van der Waals surface area (Å²) in [7, 11) is 0. The average Bonchev–Trinajstić information content (AvgIpc) is 3.37. The highest BCUT2D eigenvalue weighted by atomic mass is 32.2. The van der Waals surface area contributed by atoms with E-state index in [1.165, 1.54) is 38.9 Å². The van der Waals surface area contributed by atoms with Crippen LogP contribution in [0.2, 0.25) is 0 Å². The van der Waals surface area contributed by atoms with E-state index in [0.29, 0.717) is 140 Å². The lowest BCUT2D eigenvalue weighted by molar-refractivity contribution is -0.138. The zero-order valence-corrected chi connectivity index (χ0v) is 45.1. The number of rotatable bonds is 47. The number of alkyl halides is 1. The molecule has 0 bridgehead atoms. The first-order valence-corrected chi connectivity index (χ1v) is 27.2. The molecular formula is C47H95FN20O5S. The predicted molar refractivity (Wildman–Crippen MR) is 296 cm³/mol. The number of amides is 5. The zero-order chi connectivity index (χ0) is 55.5. The molecule has 5 amide bonds. The molecule has 0 radical (unpaired) electrons. The van der Waals surface area contributed by atoms with E-state index in [1.807, 2.05) is 0 Å². The van der Waals surface area contributed by atoms with Crippen LogP contribution < -0.4 is 65.9 Å². The Bertz CT molecular complexity index is 1660. The summed E-state index contributed by atoms with van der Waals surface area (Å²) in [6.45, 7) is 6.13. The Morgan fingerprint density at radius 2 is 0.851 bits per heavy atom. The lowest BCUT2D eigenvalue weighted by Gasteiger charge is -2.33. The van der Waals surface area contributed by atoms with Gasteiger partial charge in [0.15, 0.2) is 0 Å². The summed E-state index contributed by atoms with van der Waals surface area (Å²) in [5.41, 5.74) is 31.9. The molecule has 0 saturated heterocycles. The smallest absolute Gasteiger partial charge is 0.239 e. The minimum Gasteiger partial charge on any atom is -0.374 e. The van der Waals surface area contributed by atoms with Crippen LogP contribution in [-0.4, -0.2) is 221 Å². The van der Waals surface area contributed by atoms with Crippen LogP contribution in [0.1, 0.15) is 90.9 Å². The maximum Gasteiger partial charge on any atom is 0.239 e. The van der Waals surface area contributed by atoms with Crippen molar-refractivity contribution in [1.82, 2.24) is 51.9 Å². The summed E-state index contributed by atoms with van der Waals surface area (Å²) in [5.74, 6) is -0.585. The molecule has 426 valence electrons. The molecule has 22 N–H and O–H groups in total. The first kappa shape index (κ1) is 69.1. The number of halogens is 1. The van der Waals surface area contributed by atoms with Gasteiger partial charge in [-0.1, -0.05) is 12.8 Å². The van der Waals surface area contributed by atoms with E-state index in [1.54, 1.807) is 13.8 Å². The van der Waals surface area contributed by atoms with Gasteiger partial charge in [-0.2, -0.15) is 11.8 Å². The van der Waals surface area contributed by atoms with Crippen LogP contribution in [0.5, 0.6) is 0 Å². The van der Waals surface area contributed by atoms with Crippen molar-refractivity contribution < 1.29 is 28.4 Å². The molecule has 74 heavy (non-hydrogen) atoms. The minimum absolute atomic E-state index is 0.00194. The quantitative estimate of drug-likeness (QED) is 0.0177. The van der Waals surface area contributed by atoms with E-state index < -0.39 is 66.4 Å². The maximum atomic E-state index is 14.3. The fourth-order valence-electron chi connectivity index (χ4n) is 7.29. The largest absolute Gasteiger partial charge is 0.374 e. The van der Waals surface area contributed by atoms with Crippen LogP contribution >= 0.6 is 11.8 Å². The number of nitrogens with zero attached hydrogens (tertiary/aromatic N) is 3. The summed E-state index contributed by atoms with van der Waals surface area (Å²) in [6.07, 6.45) is 8.98. The van der Waals surface area contributed by atoms with Crippen LogP contribution in [0, 0.1) is 27.0 Å². The highest BCUT2D eigenvalue weighted by Crippen LogP contribution is 2.10. The number of nitrogens with two attached hydrogens (primary N) is 5. The third-order valence-electron chi connectivity index (χ3n) is 11.6. The Kier molecular flexibility index (Phi) is 41.5. The van der Waals surface area contributed by atoms with Crippen LogP contribution in [0.4, 0.5) is 4.39 Å². The second-order valence-corrected chi connectivity index (χ2v) is 19.3. The number of carbonyl (C=O) groups excluding carboxylic acids is 5. The van der Waals surface area contributed by atoms with Gasteiger partial charge in [-0.15, -0.1) is 0 Å². The topological polar surface area (TPSA) is 429 Å². The number of hydrogen-bond donors (Lipinski definition) is 17. The van der Waals surface area contributed by atoms with Gasteiger partial charge in [0.05, 0.1) is 41.9 Å². The predicted octanol–water partition coefficient (Wildman–Crippen LogP) is -2.06. The number of hydrogen-bond acceptors (Lipinski definition) is 18. The molecule has 0 fully saturated rings. The molecule has 27 heteroatoms. The Hall–Kier alpha value is -4.90. The van der Waals surface area contributed by atoms with Crippen LogP contribution in [-0.2, 0) is 24.0 Å². The van der Waals surface area contributed by atoms with Crippen molar-refractivity contribution in [2.75, 3.05) is 116 Å². The molecular weight excluding hydrogens is 976 g/mol. The van der Waals surface area contributed by atoms with Gasteiger partial charge in [-0.25, -0.2) is 4.39 Å². The number of amidine groups is 3. The average molecular weight is 1070 g/mol. The summed E-state index contributed by atoms with van der Waals surface area (Å²) in [4.78, 5) is 73.0. The van der Waals surface area contributed by atoms with Crippen LogP contribution in [0.15, 0.2) is 0 Å². The second-order valence-electron chi connectivity index (χ2n) is 18.1. The van der Waals surface area contributed by atoms with Crippen LogP contribution in [0.3, 0.4) is 0 Å². The molecule has 25 nitrogen and oxygen atoms in total. The normalized spacial score (nSPS) is 13.0. The molecule has 0 spiro atoms. The van der Waals surface area contributed by atoms with E-state index in [2.05, 4.69) is 37.2 Å². The lowest BCUT2D eigenvalue weighted by atomic mass is 10.1. The fourth-order valence-corrected chi connectivity index (χ4v) is 8.11. The van der Waals surface area contributed by atoms with Crippen molar-refractivity contribution >= 4 is 71.2 Å². The summed E-state index contributed by atoms with van der Waals surface area (Å²) < 4.78 is 12.6. The molecule has 0 aliphatic heterocycles. The third-order valence-corrected chi connectivity index (χ3v) is 12.7. The van der Waals surface area contributed by atoms with E-state index in [0.717, 1.165) is 6.42 Å². The molecule has 5 unspecified atom stereocenters. The molecule has 0 aromatic heterocycles. The van der Waals surface area contributed by atoms with Gasteiger partial charge in [0.25, 0.3) is 0 Å². The van der Waals surface area contributed by atoms with E-state index in [9.17, 15) is 28.4 Å².